The van der Waals surface area contributed by atoms with Crippen molar-refractivity contribution in [2.24, 2.45) is 0 Å². The fraction of sp³-hybridized carbons (Fsp3) is 0.417. The van der Waals surface area contributed by atoms with Crippen molar-refractivity contribution in [3.05, 3.63) is 107 Å². The Bertz CT molecular complexity index is 1340. The molecule has 2 atom stereocenters. The second kappa shape index (κ2) is 15.9. The van der Waals surface area contributed by atoms with E-state index in [-0.39, 0.29) is 18.2 Å². The predicted molar refractivity (Wildman–Crippen MR) is 171 cm³/mol. The lowest BCUT2D eigenvalue weighted by Crippen LogP contribution is -2.54. The van der Waals surface area contributed by atoms with Crippen LogP contribution in [0.5, 0.6) is 0 Å². The maximum atomic E-state index is 14.6. The van der Waals surface area contributed by atoms with Gasteiger partial charge in [0.05, 0.1) is 0 Å². The summed E-state index contributed by atoms with van der Waals surface area (Å²) in [6.45, 7) is 12.1. The first-order valence-electron chi connectivity index (χ1n) is 15.2. The standard InChI is InChI=1S/C36H47N3O4/c1-7-8-15-22-39(34(41)31(24-28-16-11-9-12-17-28)38-35(42)43-36(4,5)6)32(30-21-20-26(2)23-27(30)3)33(40)37-25-29-18-13-10-14-19-29/h9-14,16-21,23,31-32H,7-8,15,22,24-25H2,1-6H3,(H,37,40)(H,38,42). The summed E-state index contributed by atoms with van der Waals surface area (Å²) in [6, 6.07) is 23.4. The fourth-order valence-electron chi connectivity index (χ4n) is 5.06. The number of ether oxygens (including phenoxy) is 1. The smallest absolute Gasteiger partial charge is 0.408 e. The monoisotopic (exact) mass is 585 g/mol. The van der Waals surface area contributed by atoms with Gasteiger partial charge in [0.15, 0.2) is 0 Å². The third-order valence-corrected chi connectivity index (χ3v) is 7.15. The molecule has 43 heavy (non-hydrogen) atoms. The first kappa shape index (κ1) is 33.4. The Labute approximate surface area is 257 Å². The Balaban J connectivity index is 2.04. The van der Waals surface area contributed by atoms with Crippen molar-refractivity contribution in [1.29, 1.82) is 0 Å². The van der Waals surface area contributed by atoms with Crippen molar-refractivity contribution in [2.75, 3.05) is 6.54 Å². The average molecular weight is 586 g/mol. The molecule has 0 aliphatic carbocycles. The molecule has 3 aromatic carbocycles. The molecule has 0 spiro atoms. The molecule has 3 rings (SSSR count). The average Bonchev–Trinajstić information content (AvgIpc) is 2.96. The van der Waals surface area contributed by atoms with Gasteiger partial charge in [-0.15, -0.1) is 0 Å². The predicted octanol–water partition coefficient (Wildman–Crippen LogP) is 6.82. The molecule has 7 heteroatoms. The molecule has 0 heterocycles. The van der Waals surface area contributed by atoms with Gasteiger partial charge in [0.25, 0.3) is 0 Å². The van der Waals surface area contributed by atoms with Crippen molar-refractivity contribution in [3.63, 3.8) is 0 Å². The Morgan fingerprint density at radius 2 is 1.49 bits per heavy atom. The van der Waals surface area contributed by atoms with E-state index in [9.17, 15) is 14.4 Å². The number of nitrogens with zero attached hydrogens (tertiary/aromatic N) is 1. The summed E-state index contributed by atoms with van der Waals surface area (Å²) >= 11 is 0. The number of benzene rings is 3. The maximum Gasteiger partial charge on any atom is 0.408 e. The Morgan fingerprint density at radius 3 is 2.07 bits per heavy atom. The lowest BCUT2D eigenvalue weighted by Gasteiger charge is -2.35. The minimum atomic E-state index is -0.936. The number of hydrogen-bond donors (Lipinski definition) is 2. The molecule has 0 aliphatic heterocycles. The van der Waals surface area contributed by atoms with Crippen molar-refractivity contribution in [2.45, 2.75) is 91.5 Å². The molecular weight excluding hydrogens is 538 g/mol. The Morgan fingerprint density at radius 1 is 0.860 bits per heavy atom. The van der Waals surface area contributed by atoms with Gasteiger partial charge in [-0.2, -0.15) is 0 Å². The molecule has 3 aromatic rings. The van der Waals surface area contributed by atoms with Crippen LogP contribution in [0.4, 0.5) is 4.79 Å². The summed E-state index contributed by atoms with van der Waals surface area (Å²) in [5.74, 6) is -0.595. The highest BCUT2D eigenvalue weighted by Gasteiger charge is 2.36. The highest BCUT2D eigenvalue weighted by Crippen LogP contribution is 2.28. The van der Waals surface area contributed by atoms with Gasteiger partial charge in [-0.05, 0) is 63.3 Å². The second-order valence-corrected chi connectivity index (χ2v) is 12.1. The van der Waals surface area contributed by atoms with E-state index in [1.54, 1.807) is 25.7 Å². The van der Waals surface area contributed by atoms with Crippen LogP contribution >= 0.6 is 0 Å². The van der Waals surface area contributed by atoms with Gasteiger partial charge in [-0.3, -0.25) is 9.59 Å². The molecule has 0 fully saturated rings. The lowest BCUT2D eigenvalue weighted by molar-refractivity contribution is -0.142. The van der Waals surface area contributed by atoms with Crippen LogP contribution in [-0.4, -0.2) is 41.0 Å². The van der Waals surface area contributed by atoms with Crippen molar-refractivity contribution >= 4 is 17.9 Å². The van der Waals surface area contributed by atoms with Crippen LogP contribution in [0, 0.1) is 13.8 Å². The van der Waals surface area contributed by atoms with E-state index in [0.717, 1.165) is 47.1 Å². The maximum absolute atomic E-state index is 14.6. The summed E-state index contributed by atoms with van der Waals surface area (Å²) in [5.41, 5.74) is 3.88. The number of carbonyl (C=O) groups is 3. The second-order valence-electron chi connectivity index (χ2n) is 12.1. The van der Waals surface area contributed by atoms with E-state index in [1.165, 1.54) is 0 Å². The van der Waals surface area contributed by atoms with Crippen molar-refractivity contribution in [1.82, 2.24) is 15.5 Å². The molecule has 0 aromatic heterocycles. The Kier molecular flexibility index (Phi) is 12.4. The van der Waals surface area contributed by atoms with E-state index in [0.29, 0.717) is 13.1 Å². The normalized spacial score (nSPS) is 12.6. The van der Waals surface area contributed by atoms with Crippen LogP contribution in [0.25, 0.3) is 0 Å². The van der Waals surface area contributed by atoms with Crippen LogP contribution < -0.4 is 10.6 Å². The van der Waals surface area contributed by atoms with Gasteiger partial charge < -0.3 is 20.3 Å². The molecule has 0 bridgehead atoms. The third-order valence-electron chi connectivity index (χ3n) is 7.15. The van der Waals surface area contributed by atoms with E-state index in [1.807, 2.05) is 92.7 Å². The molecule has 2 unspecified atom stereocenters. The molecule has 0 aliphatic rings. The number of unbranched alkanes of at least 4 members (excludes halogenated alkanes) is 2. The zero-order chi connectivity index (χ0) is 31.4. The number of aryl methyl sites for hydroxylation is 2. The highest BCUT2D eigenvalue weighted by molar-refractivity contribution is 5.92. The third kappa shape index (κ3) is 10.6. The summed E-state index contributed by atoms with van der Waals surface area (Å²) in [7, 11) is 0. The van der Waals surface area contributed by atoms with Crippen LogP contribution in [0.3, 0.4) is 0 Å². The minimum absolute atomic E-state index is 0.258. The summed E-state index contributed by atoms with van der Waals surface area (Å²) < 4.78 is 5.55. The number of amides is 3. The first-order chi connectivity index (χ1) is 20.5. The van der Waals surface area contributed by atoms with Crippen LogP contribution in [0.15, 0.2) is 78.9 Å². The minimum Gasteiger partial charge on any atom is -0.444 e. The van der Waals surface area contributed by atoms with Gasteiger partial charge in [0.2, 0.25) is 11.8 Å². The summed E-state index contributed by atoms with van der Waals surface area (Å²) in [4.78, 5) is 43.3. The SMILES string of the molecule is CCCCCN(C(=O)C(Cc1ccccc1)NC(=O)OC(C)(C)C)C(C(=O)NCc1ccccc1)c1ccc(C)cc1C. The van der Waals surface area contributed by atoms with Crippen LogP contribution in [0.1, 0.15) is 80.8 Å². The highest BCUT2D eigenvalue weighted by atomic mass is 16.6. The van der Waals surface area contributed by atoms with Gasteiger partial charge in [-0.1, -0.05) is 104 Å². The van der Waals surface area contributed by atoms with Gasteiger partial charge in [0, 0.05) is 19.5 Å². The fourth-order valence-corrected chi connectivity index (χ4v) is 5.06. The van der Waals surface area contributed by atoms with E-state index < -0.39 is 23.8 Å². The van der Waals surface area contributed by atoms with Gasteiger partial charge >= 0.3 is 6.09 Å². The molecule has 230 valence electrons. The molecule has 0 saturated carbocycles. The van der Waals surface area contributed by atoms with E-state index in [4.69, 9.17) is 4.74 Å². The van der Waals surface area contributed by atoms with Crippen molar-refractivity contribution in [3.8, 4) is 0 Å². The number of hydrogen-bond acceptors (Lipinski definition) is 4. The van der Waals surface area contributed by atoms with E-state index in [2.05, 4.69) is 17.6 Å². The number of nitrogens with one attached hydrogen (secondary N) is 2. The lowest BCUT2D eigenvalue weighted by atomic mass is 9.95. The molecule has 0 saturated heterocycles. The number of alkyl carbamates (subject to hydrolysis) is 1. The molecular formula is C36H47N3O4. The number of carbonyl (C=O) groups excluding carboxylic acids is 3. The molecule has 2 N–H and O–H groups in total. The first-order valence-corrected chi connectivity index (χ1v) is 15.2. The molecule has 7 nitrogen and oxygen atoms in total. The van der Waals surface area contributed by atoms with Crippen LogP contribution in [0.2, 0.25) is 0 Å². The largest absolute Gasteiger partial charge is 0.444 e. The zero-order valence-electron chi connectivity index (χ0n) is 26.5. The Hall–Kier alpha value is -4.13. The summed E-state index contributed by atoms with van der Waals surface area (Å²) in [6.07, 6.45) is 2.17. The van der Waals surface area contributed by atoms with Crippen molar-refractivity contribution < 1.29 is 19.1 Å². The topological polar surface area (TPSA) is 87.7 Å². The van der Waals surface area contributed by atoms with Gasteiger partial charge in [-0.25, -0.2) is 4.79 Å². The van der Waals surface area contributed by atoms with Gasteiger partial charge in [0.1, 0.15) is 17.7 Å². The van der Waals surface area contributed by atoms with Crippen LogP contribution in [-0.2, 0) is 27.3 Å². The molecule has 3 amide bonds. The zero-order valence-corrected chi connectivity index (χ0v) is 26.5. The van der Waals surface area contributed by atoms with E-state index >= 15 is 0 Å². The number of rotatable bonds is 13. The molecule has 0 radical (unpaired) electrons. The quantitative estimate of drug-likeness (QED) is 0.216. The summed E-state index contributed by atoms with van der Waals surface area (Å²) in [5, 5.41) is 5.92.